The Morgan fingerprint density at radius 2 is 1.67 bits per heavy atom. The quantitative estimate of drug-likeness (QED) is 0.926. The molecular formula is C13H16F3NO3S. The van der Waals surface area contributed by atoms with Crippen LogP contribution in [0.25, 0.3) is 0 Å². The van der Waals surface area contributed by atoms with Crippen molar-refractivity contribution in [2.75, 3.05) is 7.05 Å². The molecule has 0 heterocycles. The van der Waals surface area contributed by atoms with E-state index in [4.69, 9.17) is 0 Å². The van der Waals surface area contributed by atoms with Crippen LogP contribution in [0.15, 0.2) is 17.0 Å². The van der Waals surface area contributed by atoms with Crippen molar-refractivity contribution >= 4 is 10.0 Å². The molecule has 0 aliphatic heterocycles. The van der Waals surface area contributed by atoms with Crippen LogP contribution in [0.2, 0.25) is 0 Å². The predicted molar refractivity (Wildman–Crippen MR) is 69.5 cm³/mol. The van der Waals surface area contributed by atoms with Crippen molar-refractivity contribution in [3.8, 4) is 0 Å². The molecule has 1 aromatic carbocycles. The van der Waals surface area contributed by atoms with Gasteiger partial charge in [-0.25, -0.2) is 21.6 Å². The summed E-state index contributed by atoms with van der Waals surface area (Å²) in [6.45, 7) is 0. The standard InChI is InChI=1S/C13H16F3NO3S/c1-17(11-4-2-3-5-12(11)18)21(19,20)13-9(15)6-8(14)7-10(13)16/h6-7,11-12,18H,2-5H2,1H3. The zero-order chi connectivity index (χ0) is 15.8. The highest BCUT2D eigenvalue weighted by Crippen LogP contribution is 2.29. The molecule has 1 aliphatic rings. The number of sulfonamides is 1. The zero-order valence-corrected chi connectivity index (χ0v) is 12.2. The second-order valence-electron chi connectivity index (χ2n) is 5.14. The summed E-state index contributed by atoms with van der Waals surface area (Å²) < 4.78 is 65.7. The number of rotatable bonds is 3. The maximum Gasteiger partial charge on any atom is 0.249 e. The van der Waals surface area contributed by atoms with Gasteiger partial charge in [-0.2, -0.15) is 4.31 Å². The Morgan fingerprint density at radius 1 is 1.14 bits per heavy atom. The van der Waals surface area contributed by atoms with Gasteiger partial charge in [-0.3, -0.25) is 0 Å². The van der Waals surface area contributed by atoms with E-state index in [1.54, 1.807) is 0 Å². The van der Waals surface area contributed by atoms with Crippen molar-refractivity contribution < 1.29 is 26.7 Å². The first-order valence-corrected chi connectivity index (χ1v) is 8.00. The van der Waals surface area contributed by atoms with Crippen LogP contribution in [0.3, 0.4) is 0 Å². The van der Waals surface area contributed by atoms with Crippen molar-refractivity contribution in [3.63, 3.8) is 0 Å². The van der Waals surface area contributed by atoms with Crippen LogP contribution < -0.4 is 0 Å². The molecule has 1 N–H and O–H groups in total. The first-order valence-electron chi connectivity index (χ1n) is 6.56. The molecule has 0 radical (unpaired) electrons. The Bertz CT molecular complexity index is 613. The van der Waals surface area contributed by atoms with Crippen LogP contribution in [0.1, 0.15) is 25.7 Å². The van der Waals surface area contributed by atoms with Crippen molar-refractivity contribution in [3.05, 3.63) is 29.6 Å². The molecule has 1 saturated carbocycles. The molecule has 0 aromatic heterocycles. The molecule has 118 valence electrons. The van der Waals surface area contributed by atoms with Gasteiger partial charge in [-0.05, 0) is 12.8 Å². The molecule has 0 spiro atoms. The smallest absolute Gasteiger partial charge is 0.249 e. The summed E-state index contributed by atoms with van der Waals surface area (Å²) in [4.78, 5) is -1.19. The van der Waals surface area contributed by atoms with Crippen molar-refractivity contribution in [1.82, 2.24) is 4.31 Å². The lowest BCUT2D eigenvalue weighted by atomic mass is 9.93. The number of aliphatic hydroxyl groups excluding tert-OH is 1. The highest BCUT2D eigenvalue weighted by Gasteiger charge is 2.37. The van der Waals surface area contributed by atoms with E-state index in [2.05, 4.69) is 0 Å². The fraction of sp³-hybridized carbons (Fsp3) is 0.538. The molecule has 0 amide bonds. The lowest BCUT2D eigenvalue weighted by Gasteiger charge is -2.34. The molecule has 2 rings (SSSR count). The normalized spacial score (nSPS) is 23.5. The fourth-order valence-electron chi connectivity index (χ4n) is 2.61. The fourth-order valence-corrected chi connectivity index (χ4v) is 4.11. The summed E-state index contributed by atoms with van der Waals surface area (Å²) in [6, 6.07) is -0.102. The topological polar surface area (TPSA) is 57.6 Å². The average molecular weight is 323 g/mol. The van der Waals surface area contributed by atoms with E-state index in [0.29, 0.717) is 25.0 Å². The summed E-state index contributed by atoms with van der Waals surface area (Å²) in [5.41, 5.74) is 0. The van der Waals surface area contributed by atoms with Gasteiger partial charge in [0.25, 0.3) is 0 Å². The van der Waals surface area contributed by atoms with Crippen LogP contribution in [-0.4, -0.2) is 37.0 Å². The van der Waals surface area contributed by atoms with Gasteiger partial charge in [-0.1, -0.05) is 12.8 Å². The second-order valence-corrected chi connectivity index (χ2v) is 7.07. The first-order chi connectivity index (χ1) is 9.75. The van der Waals surface area contributed by atoms with Gasteiger partial charge in [0.05, 0.1) is 12.1 Å². The number of nitrogens with zero attached hydrogens (tertiary/aromatic N) is 1. The zero-order valence-electron chi connectivity index (χ0n) is 11.4. The van der Waals surface area contributed by atoms with Gasteiger partial charge in [0, 0.05) is 19.2 Å². The third kappa shape index (κ3) is 3.07. The Hall–Kier alpha value is -1.12. The Morgan fingerprint density at radius 3 is 2.19 bits per heavy atom. The first kappa shape index (κ1) is 16.3. The van der Waals surface area contributed by atoms with Crippen molar-refractivity contribution in [1.29, 1.82) is 0 Å². The predicted octanol–water partition coefficient (Wildman–Crippen LogP) is 2.03. The minimum Gasteiger partial charge on any atom is -0.391 e. The van der Waals surface area contributed by atoms with Gasteiger partial charge in [-0.15, -0.1) is 0 Å². The molecule has 1 aliphatic carbocycles. The molecule has 2 atom stereocenters. The molecule has 4 nitrogen and oxygen atoms in total. The molecule has 1 fully saturated rings. The van der Waals surface area contributed by atoms with Crippen LogP contribution in [-0.2, 0) is 10.0 Å². The van der Waals surface area contributed by atoms with Crippen LogP contribution >= 0.6 is 0 Å². The third-order valence-electron chi connectivity index (χ3n) is 3.76. The number of hydrogen-bond acceptors (Lipinski definition) is 3. The molecule has 0 bridgehead atoms. The number of benzene rings is 1. The van der Waals surface area contributed by atoms with E-state index in [1.165, 1.54) is 0 Å². The average Bonchev–Trinajstić information content (AvgIpc) is 2.36. The molecule has 1 aromatic rings. The van der Waals surface area contributed by atoms with Crippen LogP contribution in [0.5, 0.6) is 0 Å². The minimum atomic E-state index is -4.49. The van der Waals surface area contributed by atoms with Crippen molar-refractivity contribution in [2.24, 2.45) is 0 Å². The summed E-state index contributed by atoms with van der Waals surface area (Å²) in [5, 5.41) is 9.88. The summed E-state index contributed by atoms with van der Waals surface area (Å²) in [5.74, 6) is -4.15. The van der Waals surface area contributed by atoms with Gasteiger partial charge < -0.3 is 5.11 Å². The summed E-state index contributed by atoms with van der Waals surface area (Å²) >= 11 is 0. The van der Waals surface area contributed by atoms with Gasteiger partial charge >= 0.3 is 0 Å². The van der Waals surface area contributed by atoms with E-state index in [-0.39, 0.29) is 0 Å². The molecule has 2 unspecified atom stereocenters. The van der Waals surface area contributed by atoms with Crippen LogP contribution in [0.4, 0.5) is 13.2 Å². The highest BCUT2D eigenvalue weighted by molar-refractivity contribution is 7.89. The molecule has 0 saturated heterocycles. The van der Waals surface area contributed by atoms with Gasteiger partial charge in [0.2, 0.25) is 10.0 Å². The lowest BCUT2D eigenvalue weighted by molar-refractivity contribution is 0.0636. The molecular weight excluding hydrogens is 307 g/mol. The third-order valence-corrected chi connectivity index (χ3v) is 5.70. The number of aliphatic hydroxyl groups is 1. The van der Waals surface area contributed by atoms with Crippen molar-refractivity contribution in [2.45, 2.75) is 42.7 Å². The highest BCUT2D eigenvalue weighted by atomic mass is 32.2. The SMILES string of the molecule is CN(C1CCCCC1O)S(=O)(=O)c1c(F)cc(F)cc1F. The van der Waals surface area contributed by atoms with E-state index in [9.17, 15) is 26.7 Å². The Kier molecular flexibility index (Phi) is 4.60. The van der Waals surface area contributed by atoms with E-state index in [1.807, 2.05) is 0 Å². The van der Waals surface area contributed by atoms with Gasteiger partial charge in [0.15, 0.2) is 4.90 Å². The minimum absolute atomic E-state index is 0.321. The Balaban J connectivity index is 2.42. The molecule has 21 heavy (non-hydrogen) atoms. The lowest BCUT2D eigenvalue weighted by Crippen LogP contribution is -2.46. The molecule has 8 heteroatoms. The summed E-state index contributed by atoms with van der Waals surface area (Å²) in [6.07, 6.45) is 1.44. The van der Waals surface area contributed by atoms with E-state index in [0.717, 1.165) is 24.2 Å². The number of hydrogen-bond donors (Lipinski definition) is 1. The van der Waals surface area contributed by atoms with E-state index >= 15 is 0 Å². The maximum atomic E-state index is 13.7. The maximum absolute atomic E-state index is 13.7. The van der Waals surface area contributed by atoms with E-state index < -0.39 is 44.5 Å². The number of halogens is 3. The second kappa shape index (κ2) is 5.94. The Labute approximate surface area is 121 Å². The van der Waals surface area contributed by atoms with Gasteiger partial charge in [0.1, 0.15) is 17.5 Å². The largest absolute Gasteiger partial charge is 0.391 e. The summed E-state index contributed by atoms with van der Waals surface area (Å²) in [7, 11) is -3.33. The monoisotopic (exact) mass is 323 g/mol. The number of likely N-dealkylation sites (N-methyl/N-ethyl adjacent to an activating group) is 1. The van der Waals surface area contributed by atoms with Crippen LogP contribution in [0, 0.1) is 17.5 Å².